The molecule has 1 aliphatic carbocycles. The summed E-state index contributed by atoms with van der Waals surface area (Å²) >= 11 is 1.96. The van der Waals surface area contributed by atoms with Gasteiger partial charge in [0.05, 0.1) is 5.69 Å². The predicted octanol–water partition coefficient (Wildman–Crippen LogP) is 4.82. The summed E-state index contributed by atoms with van der Waals surface area (Å²) < 4.78 is 1.40. The van der Waals surface area contributed by atoms with Gasteiger partial charge in [-0.05, 0) is 32.3 Å². The van der Waals surface area contributed by atoms with Crippen molar-refractivity contribution in [2.24, 2.45) is 4.99 Å². The van der Waals surface area contributed by atoms with Crippen molar-refractivity contribution in [2.45, 2.75) is 38.0 Å². The van der Waals surface area contributed by atoms with Crippen molar-refractivity contribution < 1.29 is 0 Å². The lowest BCUT2D eigenvalue weighted by atomic mass is 9.74. The standard InChI is InChI=1S/C15H15NS/c1-15-9-5-4-8-12(15)16-13-10-6-2-3-7-11(10)17-14(13)15/h2-3,6-7H,4-5,8-9H2,1H3. The van der Waals surface area contributed by atoms with Crippen LogP contribution in [-0.4, -0.2) is 5.71 Å². The zero-order chi connectivity index (χ0) is 11.5. The van der Waals surface area contributed by atoms with Gasteiger partial charge in [0.1, 0.15) is 0 Å². The second kappa shape index (κ2) is 3.20. The van der Waals surface area contributed by atoms with Crippen LogP contribution in [0.2, 0.25) is 0 Å². The van der Waals surface area contributed by atoms with Crippen molar-refractivity contribution in [2.75, 3.05) is 0 Å². The van der Waals surface area contributed by atoms with E-state index in [2.05, 4.69) is 31.2 Å². The van der Waals surface area contributed by atoms with Gasteiger partial charge in [0.2, 0.25) is 0 Å². The zero-order valence-electron chi connectivity index (χ0n) is 9.99. The summed E-state index contributed by atoms with van der Waals surface area (Å²) in [7, 11) is 0. The fraction of sp³-hybridized carbons (Fsp3) is 0.400. The minimum atomic E-state index is 0.261. The van der Waals surface area contributed by atoms with Gasteiger partial charge in [0, 0.05) is 26.1 Å². The predicted molar refractivity (Wildman–Crippen MR) is 74.7 cm³/mol. The monoisotopic (exact) mass is 241 g/mol. The van der Waals surface area contributed by atoms with E-state index >= 15 is 0 Å². The Morgan fingerprint density at radius 3 is 3.06 bits per heavy atom. The Balaban J connectivity index is 2.04. The number of benzene rings is 1. The number of thiophene rings is 1. The lowest BCUT2D eigenvalue weighted by Gasteiger charge is -2.30. The van der Waals surface area contributed by atoms with E-state index in [1.54, 1.807) is 0 Å². The molecular weight excluding hydrogens is 226 g/mol. The van der Waals surface area contributed by atoms with Gasteiger partial charge in [-0.3, -0.25) is 4.99 Å². The summed E-state index contributed by atoms with van der Waals surface area (Å²) in [4.78, 5) is 6.48. The van der Waals surface area contributed by atoms with Crippen LogP contribution in [0, 0.1) is 0 Å². The Kier molecular flexibility index (Phi) is 1.85. The van der Waals surface area contributed by atoms with Crippen molar-refractivity contribution in [1.29, 1.82) is 0 Å². The van der Waals surface area contributed by atoms with Gasteiger partial charge in [0.25, 0.3) is 0 Å². The summed E-state index contributed by atoms with van der Waals surface area (Å²) in [5.41, 5.74) is 2.98. The van der Waals surface area contributed by atoms with E-state index in [-0.39, 0.29) is 5.41 Å². The molecular formula is C15H15NS. The number of rotatable bonds is 0. The summed E-state index contributed by atoms with van der Waals surface area (Å²) in [5.74, 6) is 0. The maximum atomic E-state index is 4.96. The normalized spacial score (nSPS) is 26.8. The van der Waals surface area contributed by atoms with Gasteiger partial charge >= 0.3 is 0 Å². The molecule has 0 saturated heterocycles. The number of hydrogen-bond donors (Lipinski definition) is 0. The van der Waals surface area contributed by atoms with Crippen LogP contribution in [0.15, 0.2) is 29.3 Å². The van der Waals surface area contributed by atoms with Crippen molar-refractivity contribution >= 4 is 32.8 Å². The smallest absolute Gasteiger partial charge is 0.0856 e. The highest BCUT2D eigenvalue weighted by Crippen LogP contribution is 2.53. The molecule has 2 aromatic rings. The zero-order valence-corrected chi connectivity index (χ0v) is 10.8. The van der Waals surface area contributed by atoms with Crippen LogP contribution < -0.4 is 0 Å². The minimum Gasteiger partial charge on any atom is -0.255 e. The molecule has 1 fully saturated rings. The Morgan fingerprint density at radius 1 is 1.24 bits per heavy atom. The molecule has 0 bridgehead atoms. The topological polar surface area (TPSA) is 12.4 Å². The first kappa shape index (κ1) is 9.84. The molecule has 1 atom stereocenters. The van der Waals surface area contributed by atoms with Gasteiger partial charge in [0.15, 0.2) is 0 Å². The highest BCUT2D eigenvalue weighted by atomic mass is 32.1. The average molecular weight is 241 g/mol. The minimum absolute atomic E-state index is 0.261. The van der Waals surface area contributed by atoms with Crippen LogP contribution in [-0.2, 0) is 5.41 Å². The third kappa shape index (κ3) is 1.17. The van der Waals surface area contributed by atoms with Gasteiger partial charge in [-0.25, -0.2) is 0 Å². The molecule has 2 aliphatic rings. The molecule has 1 aliphatic heterocycles. The first-order chi connectivity index (χ1) is 8.29. The van der Waals surface area contributed by atoms with Gasteiger partial charge in [-0.2, -0.15) is 0 Å². The lowest BCUT2D eigenvalue weighted by Crippen LogP contribution is -2.31. The summed E-state index contributed by atoms with van der Waals surface area (Å²) in [6.07, 6.45) is 5.16. The SMILES string of the molecule is CC12CCCCC1=Nc1c2sc2ccccc12. The molecule has 1 aromatic carbocycles. The molecule has 17 heavy (non-hydrogen) atoms. The maximum absolute atomic E-state index is 4.96. The molecule has 1 saturated carbocycles. The van der Waals surface area contributed by atoms with E-state index in [9.17, 15) is 0 Å². The molecule has 1 nitrogen and oxygen atoms in total. The molecule has 1 unspecified atom stereocenters. The van der Waals surface area contributed by atoms with Crippen LogP contribution in [0.3, 0.4) is 0 Å². The molecule has 1 aromatic heterocycles. The Bertz CT molecular complexity index is 637. The lowest BCUT2D eigenvalue weighted by molar-refractivity contribution is 0.504. The van der Waals surface area contributed by atoms with E-state index in [1.807, 2.05) is 11.3 Å². The summed E-state index contributed by atoms with van der Waals surface area (Å²) in [6.45, 7) is 2.40. The highest BCUT2D eigenvalue weighted by Gasteiger charge is 2.42. The molecule has 4 rings (SSSR count). The molecule has 2 heteroatoms. The third-order valence-electron chi connectivity index (χ3n) is 4.29. The second-order valence-corrected chi connectivity index (χ2v) is 6.43. The average Bonchev–Trinajstić information content (AvgIpc) is 2.84. The van der Waals surface area contributed by atoms with Crippen molar-refractivity contribution in [1.82, 2.24) is 0 Å². The van der Waals surface area contributed by atoms with Gasteiger partial charge in [-0.1, -0.05) is 24.6 Å². The number of nitrogens with zero attached hydrogens (tertiary/aromatic N) is 1. The second-order valence-electron chi connectivity index (χ2n) is 5.37. The van der Waals surface area contributed by atoms with Gasteiger partial charge < -0.3 is 0 Å². The molecule has 0 spiro atoms. The summed E-state index contributed by atoms with van der Waals surface area (Å²) in [6, 6.07) is 8.69. The van der Waals surface area contributed by atoms with E-state index in [4.69, 9.17) is 4.99 Å². The van der Waals surface area contributed by atoms with Crippen LogP contribution in [0.1, 0.15) is 37.5 Å². The highest BCUT2D eigenvalue weighted by molar-refractivity contribution is 7.20. The van der Waals surface area contributed by atoms with Crippen molar-refractivity contribution in [3.63, 3.8) is 0 Å². The Hall–Kier alpha value is -1.15. The number of hydrogen-bond acceptors (Lipinski definition) is 2. The number of fused-ring (bicyclic) bond motifs is 5. The fourth-order valence-electron chi connectivity index (χ4n) is 3.27. The first-order valence-corrected chi connectivity index (χ1v) is 7.21. The van der Waals surface area contributed by atoms with Crippen LogP contribution in [0.4, 0.5) is 5.69 Å². The van der Waals surface area contributed by atoms with Crippen LogP contribution in [0.25, 0.3) is 10.1 Å². The van der Waals surface area contributed by atoms with Crippen LogP contribution >= 0.6 is 11.3 Å². The molecule has 2 heterocycles. The molecule has 86 valence electrons. The van der Waals surface area contributed by atoms with E-state index in [0.29, 0.717) is 0 Å². The third-order valence-corrected chi connectivity index (χ3v) is 5.72. The number of aliphatic imine (C=N–C) groups is 1. The van der Waals surface area contributed by atoms with Gasteiger partial charge in [-0.15, -0.1) is 11.3 Å². The first-order valence-electron chi connectivity index (χ1n) is 6.39. The van der Waals surface area contributed by atoms with Crippen LogP contribution in [0.5, 0.6) is 0 Å². The van der Waals surface area contributed by atoms with Crippen molar-refractivity contribution in [3.8, 4) is 0 Å². The Morgan fingerprint density at radius 2 is 2.12 bits per heavy atom. The van der Waals surface area contributed by atoms with E-state index in [1.165, 1.54) is 52.0 Å². The quantitative estimate of drug-likeness (QED) is 0.627. The largest absolute Gasteiger partial charge is 0.255 e. The Labute approximate surface area is 105 Å². The fourth-order valence-corrected chi connectivity index (χ4v) is 4.61. The molecule has 0 N–H and O–H groups in total. The van der Waals surface area contributed by atoms with E-state index < -0.39 is 0 Å². The summed E-state index contributed by atoms with van der Waals surface area (Å²) in [5, 5.41) is 1.36. The van der Waals surface area contributed by atoms with E-state index in [0.717, 1.165) is 0 Å². The maximum Gasteiger partial charge on any atom is 0.0856 e. The molecule has 0 amide bonds. The van der Waals surface area contributed by atoms with Crippen molar-refractivity contribution in [3.05, 3.63) is 29.1 Å². The molecule has 0 radical (unpaired) electrons.